The third-order valence-electron chi connectivity index (χ3n) is 8.83. The molecule has 3 aromatic carbocycles. The summed E-state index contributed by atoms with van der Waals surface area (Å²) in [6.07, 6.45) is -0.675. The monoisotopic (exact) mass is 616 g/mol. The van der Waals surface area contributed by atoms with Crippen molar-refractivity contribution >= 4 is 23.5 Å². The van der Waals surface area contributed by atoms with E-state index in [4.69, 9.17) is 0 Å². The number of halogens is 1. The van der Waals surface area contributed by atoms with Crippen LogP contribution in [0.1, 0.15) is 43.5 Å². The maximum Gasteiger partial charge on any atom is 0.334 e. The van der Waals surface area contributed by atoms with Gasteiger partial charge in [0.05, 0.1) is 19.1 Å². The lowest BCUT2D eigenvalue weighted by Gasteiger charge is -2.55. The molecule has 2 fully saturated rings. The van der Waals surface area contributed by atoms with Crippen molar-refractivity contribution in [1.82, 2.24) is 25.1 Å². The number of aromatic hydroxyl groups is 1. The number of hydrogen-bond donors (Lipinski definition) is 2. The van der Waals surface area contributed by atoms with Crippen LogP contribution in [0.4, 0.5) is 14.9 Å². The van der Waals surface area contributed by atoms with Crippen LogP contribution in [0.25, 0.3) is 0 Å². The Labute approximate surface area is 263 Å². The molecule has 2 aliphatic rings. The van der Waals surface area contributed by atoms with Gasteiger partial charge in [-0.1, -0.05) is 42.5 Å². The number of amides is 4. The second-order valence-electron chi connectivity index (χ2n) is 12.0. The molecule has 0 unspecified atom stereocenters. The lowest BCUT2D eigenvalue weighted by Crippen LogP contribution is -2.76. The summed E-state index contributed by atoms with van der Waals surface area (Å²) in [4.78, 5) is 46.8. The van der Waals surface area contributed by atoms with Crippen LogP contribution in [0.3, 0.4) is 0 Å². The van der Waals surface area contributed by atoms with Gasteiger partial charge >= 0.3 is 6.03 Å². The van der Waals surface area contributed by atoms with Gasteiger partial charge in [0.2, 0.25) is 11.8 Å². The Bertz CT molecular complexity index is 1540. The van der Waals surface area contributed by atoms with Crippen molar-refractivity contribution < 1.29 is 23.9 Å². The zero-order valence-electron chi connectivity index (χ0n) is 26.4. The zero-order valence-corrected chi connectivity index (χ0v) is 26.4. The molecule has 0 radical (unpaired) electrons. The number of hydrogen-bond acceptors (Lipinski definition) is 6. The van der Waals surface area contributed by atoms with Gasteiger partial charge in [-0.2, -0.15) is 0 Å². The second-order valence-corrected chi connectivity index (χ2v) is 12.0. The van der Waals surface area contributed by atoms with Crippen LogP contribution in [0.2, 0.25) is 0 Å². The van der Waals surface area contributed by atoms with E-state index in [1.165, 1.54) is 28.1 Å². The van der Waals surface area contributed by atoms with Crippen LogP contribution < -0.4 is 10.2 Å². The first-order valence-corrected chi connectivity index (χ1v) is 15.2. The van der Waals surface area contributed by atoms with E-state index in [2.05, 4.69) is 5.32 Å². The van der Waals surface area contributed by atoms with Crippen molar-refractivity contribution in [1.29, 1.82) is 0 Å². The molecule has 2 aliphatic heterocycles. The quantitative estimate of drug-likeness (QED) is 0.395. The Morgan fingerprint density at radius 2 is 1.71 bits per heavy atom. The maximum atomic E-state index is 15.4. The molecule has 10 nitrogen and oxygen atoms in total. The van der Waals surface area contributed by atoms with Gasteiger partial charge in [-0.3, -0.25) is 9.59 Å². The van der Waals surface area contributed by atoms with Gasteiger partial charge in [-0.15, -0.1) is 0 Å². The molecule has 0 saturated carbocycles. The molecule has 238 valence electrons. The average molecular weight is 617 g/mol. The highest BCUT2D eigenvalue weighted by molar-refractivity contribution is 5.92. The van der Waals surface area contributed by atoms with E-state index in [0.717, 1.165) is 16.8 Å². The molecular weight excluding hydrogens is 575 g/mol. The lowest BCUT2D eigenvalue weighted by molar-refractivity contribution is -0.189. The third kappa shape index (κ3) is 6.58. The number of phenols is 1. The molecule has 2 heterocycles. The van der Waals surface area contributed by atoms with Crippen molar-refractivity contribution in [3.05, 3.63) is 95.3 Å². The SMILES string of the molecule is CC(C)N(C)c1ccc(F)c([C@H](C)N2C[C@H]3N(C(=O)CN(C)N3C(=O)NCc3ccccc3)[C@@H](Cc3ccc(O)cc3)C2=O)c1. The first-order valence-electron chi connectivity index (χ1n) is 15.2. The molecule has 2 N–H and O–H groups in total. The molecule has 0 aromatic heterocycles. The largest absolute Gasteiger partial charge is 0.508 e. The molecule has 5 rings (SSSR count). The van der Waals surface area contributed by atoms with Crippen molar-refractivity contribution in [3.63, 3.8) is 0 Å². The van der Waals surface area contributed by atoms with Crippen molar-refractivity contribution in [2.24, 2.45) is 0 Å². The number of rotatable bonds is 8. The Hall–Kier alpha value is -4.64. The number of piperazine rings is 1. The first kappa shape index (κ1) is 31.8. The van der Waals surface area contributed by atoms with Crippen LogP contribution in [0.15, 0.2) is 72.8 Å². The van der Waals surface area contributed by atoms with Gasteiger partial charge < -0.3 is 25.1 Å². The molecule has 2 saturated heterocycles. The summed E-state index contributed by atoms with van der Waals surface area (Å²) in [5.74, 6) is -0.981. The van der Waals surface area contributed by atoms with Crippen LogP contribution in [0.5, 0.6) is 5.75 Å². The Balaban J connectivity index is 1.52. The molecule has 0 spiro atoms. The topological polar surface area (TPSA) is 99.7 Å². The number of phenolic OH excluding ortho intramolecular Hbond substituents is 1. The minimum Gasteiger partial charge on any atom is -0.508 e. The van der Waals surface area contributed by atoms with Crippen molar-refractivity contribution in [2.45, 2.75) is 58.0 Å². The zero-order chi connectivity index (χ0) is 32.4. The van der Waals surface area contributed by atoms with Gasteiger partial charge in [-0.05, 0) is 62.2 Å². The number of hydrazine groups is 1. The van der Waals surface area contributed by atoms with E-state index < -0.39 is 30.1 Å². The Morgan fingerprint density at radius 3 is 2.38 bits per heavy atom. The van der Waals surface area contributed by atoms with Crippen LogP contribution >= 0.6 is 0 Å². The summed E-state index contributed by atoms with van der Waals surface area (Å²) < 4.78 is 15.4. The highest BCUT2D eigenvalue weighted by Crippen LogP contribution is 2.35. The molecule has 3 atom stereocenters. The van der Waals surface area contributed by atoms with E-state index in [1.54, 1.807) is 48.1 Å². The summed E-state index contributed by atoms with van der Waals surface area (Å²) in [6, 6.07) is 19.0. The number of likely N-dealkylation sites (N-methyl/N-ethyl adjacent to an activating group) is 1. The van der Waals surface area contributed by atoms with E-state index in [0.29, 0.717) is 5.56 Å². The van der Waals surface area contributed by atoms with Gasteiger partial charge in [0.25, 0.3) is 0 Å². The number of nitrogens with one attached hydrogen (secondary N) is 1. The smallest absolute Gasteiger partial charge is 0.334 e. The molecule has 0 bridgehead atoms. The van der Waals surface area contributed by atoms with Gasteiger partial charge in [0.15, 0.2) is 0 Å². The number of benzene rings is 3. The van der Waals surface area contributed by atoms with Gasteiger partial charge in [0.1, 0.15) is 23.8 Å². The molecule has 3 aromatic rings. The van der Waals surface area contributed by atoms with Crippen LogP contribution in [0, 0.1) is 5.82 Å². The fourth-order valence-corrected chi connectivity index (χ4v) is 6.06. The highest BCUT2D eigenvalue weighted by Gasteiger charge is 2.51. The first-order chi connectivity index (χ1) is 21.5. The predicted octanol–water partition coefficient (Wildman–Crippen LogP) is 4.12. The Morgan fingerprint density at radius 1 is 1.02 bits per heavy atom. The highest BCUT2D eigenvalue weighted by atomic mass is 19.1. The summed E-state index contributed by atoms with van der Waals surface area (Å²) in [6.45, 7) is 6.03. The summed E-state index contributed by atoms with van der Waals surface area (Å²) in [5, 5.41) is 15.8. The standard InChI is InChI=1S/C34H41FN6O4/c1-22(2)38(5)26-13-16-29(35)28(18-26)23(3)39-20-31-40(30(33(39)44)17-24-11-14-27(42)15-12-24)32(43)21-37(4)41(31)34(45)36-19-25-9-7-6-8-10-25/h6-16,18,22-23,30-31,42H,17,19-21H2,1-5H3,(H,36,45)/t23-,30-,31-/m0/s1. The summed E-state index contributed by atoms with van der Waals surface area (Å²) in [5.41, 5.74) is 2.81. The number of carbonyl (C=O) groups excluding carboxylic acids is 3. The van der Waals surface area contributed by atoms with Crippen molar-refractivity contribution in [3.8, 4) is 5.75 Å². The number of carbonyl (C=O) groups is 3. The second kappa shape index (κ2) is 13.2. The van der Waals surface area contributed by atoms with Gasteiger partial charge in [-0.25, -0.2) is 19.2 Å². The minimum absolute atomic E-state index is 0.00932. The molecule has 11 heteroatoms. The molecule has 4 amide bonds. The van der Waals surface area contributed by atoms with Crippen molar-refractivity contribution in [2.75, 3.05) is 32.1 Å². The van der Waals surface area contributed by atoms with E-state index in [1.807, 2.05) is 56.1 Å². The maximum absolute atomic E-state index is 15.4. The number of fused-ring (bicyclic) bond motifs is 1. The van der Waals surface area contributed by atoms with E-state index in [-0.39, 0.29) is 49.7 Å². The fraction of sp³-hybridized carbons (Fsp3) is 0.382. The van der Waals surface area contributed by atoms with Gasteiger partial charge in [0, 0.05) is 44.4 Å². The van der Waals surface area contributed by atoms with E-state index in [9.17, 15) is 19.5 Å². The Kier molecular flexibility index (Phi) is 9.29. The molecule has 45 heavy (non-hydrogen) atoms. The fourth-order valence-electron chi connectivity index (χ4n) is 6.06. The number of urea groups is 1. The van der Waals surface area contributed by atoms with E-state index >= 15 is 4.39 Å². The number of nitrogens with zero attached hydrogens (tertiary/aromatic N) is 5. The predicted molar refractivity (Wildman–Crippen MR) is 169 cm³/mol. The molecule has 0 aliphatic carbocycles. The normalized spacial score (nSPS) is 19.5. The van der Waals surface area contributed by atoms with Crippen LogP contribution in [-0.4, -0.2) is 88.2 Å². The lowest BCUT2D eigenvalue weighted by atomic mass is 9.96. The van der Waals surface area contributed by atoms with Crippen LogP contribution in [-0.2, 0) is 22.6 Å². The molecular formula is C34H41FN6O4. The number of anilines is 1. The summed E-state index contributed by atoms with van der Waals surface area (Å²) in [7, 11) is 3.60. The average Bonchev–Trinajstić information content (AvgIpc) is 3.02. The summed E-state index contributed by atoms with van der Waals surface area (Å²) >= 11 is 0. The minimum atomic E-state index is -0.953. The third-order valence-corrected chi connectivity index (χ3v) is 8.83.